The summed E-state index contributed by atoms with van der Waals surface area (Å²) in [6, 6.07) is 7.70. The third-order valence-corrected chi connectivity index (χ3v) is 4.15. The highest BCUT2D eigenvalue weighted by molar-refractivity contribution is 5.74. The van der Waals surface area contributed by atoms with Gasteiger partial charge in [0.2, 0.25) is 5.89 Å². The maximum Gasteiger partial charge on any atom is 0.317 e. The minimum absolute atomic E-state index is 0.0225. The maximum atomic E-state index is 12.3. The van der Waals surface area contributed by atoms with Gasteiger partial charge in [-0.05, 0) is 38.8 Å². The third kappa shape index (κ3) is 4.28. The number of rotatable bonds is 6. The highest BCUT2D eigenvalue weighted by atomic mass is 16.5. The van der Waals surface area contributed by atoms with Gasteiger partial charge in [0.15, 0.2) is 0 Å². The van der Waals surface area contributed by atoms with Crippen LogP contribution in [0.25, 0.3) is 0 Å². The molecule has 6 heteroatoms. The molecule has 0 aliphatic rings. The van der Waals surface area contributed by atoms with Gasteiger partial charge in [-0.2, -0.15) is 0 Å². The van der Waals surface area contributed by atoms with Crippen LogP contribution in [-0.2, 0) is 13.0 Å². The van der Waals surface area contributed by atoms with Gasteiger partial charge in [-0.1, -0.05) is 18.2 Å². The van der Waals surface area contributed by atoms with Gasteiger partial charge in [0.25, 0.3) is 0 Å². The van der Waals surface area contributed by atoms with Crippen LogP contribution >= 0.6 is 0 Å². The smallest absolute Gasteiger partial charge is 0.317 e. The zero-order valence-electron chi connectivity index (χ0n) is 14.9. The third-order valence-electron chi connectivity index (χ3n) is 4.15. The van der Waals surface area contributed by atoms with E-state index < -0.39 is 0 Å². The van der Waals surface area contributed by atoms with E-state index in [2.05, 4.69) is 10.3 Å². The minimum Gasteiger partial charge on any atom is -0.496 e. The predicted molar refractivity (Wildman–Crippen MR) is 92.1 cm³/mol. The SMILES string of the molecule is COc1ccccc1C[C@H](C)N(C)C(=O)NCc1nc(C)c(C)o1. The van der Waals surface area contributed by atoms with Crippen molar-refractivity contribution in [2.24, 2.45) is 0 Å². The molecule has 0 saturated carbocycles. The molecular weight excluding hydrogens is 306 g/mol. The number of nitrogens with zero attached hydrogens (tertiary/aromatic N) is 2. The molecule has 1 aromatic heterocycles. The molecule has 1 aromatic carbocycles. The van der Waals surface area contributed by atoms with Crippen LogP contribution in [0, 0.1) is 13.8 Å². The number of carbonyl (C=O) groups excluding carboxylic acids is 1. The number of methoxy groups -OCH3 is 1. The van der Waals surface area contributed by atoms with E-state index in [4.69, 9.17) is 9.15 Å². The van der Waals surface area contributed by atoms with Crippen molar-refractivity contribution in [3.63, 3.8) is 0 Å². The second-order valence-corrected chi connectivity index (χ2v) is 5.88. The van der Waals surface area contributed by atoms with Crippen molar-refractivity contribution in [2.45, 2.75) is 39.8 Å². The molecule has 1 heterocycles. The van der Waals surface area contributed by atoms with Crippen LogP contribution in [0.15, 0.2) is 28.7 Å². The molecule has 0 saturated heterocycles. The van der Waals surface area contributed by atoms with E-state index in [1.807, 2.05) is 45.0 Å². The Balaban J connectivity index is 1.91. The van der Waals surface area contributed by atoms with E-state index in [1.165, 1.54) is 0 Å². The molecule has 24 heavy (non-hydrogen) atoms. The van der Waals surface area contributed by atoms with Gasteiger partial charge < -0.3 is 19.4 Å². The summed E-state index contributed by atoms with van der Waals surface area (Å²) in [6.07, 6.45) is 0.713. The number of carbonyl (C=O) groups is 1. The molecule has 0 bridgehead atoms. The van der Waals surface area contributed by atoms with Crippen molar-refractivity contribution in [1.29, 1.82) is 0 Å². The first-order chi connectivity index (χ1) is 11.4. The summed E-state index contributed by atoms with van der Waals surface area (Å²) >= 11 is 0. The number of likely N-dealkylation sites (N-methyl/N-ethyl adjacent to an activating group) is 1. The van der Waals surface area contributed by atoms with Crippen molar-refractivity contribution >= 4 is 6.03 Å². The summed E-state index contributed by atoms with van der Waals surface area (Å²) in [5.41, 5.74) is 1.92. The van der Waals surface area contributed by atoms with Gasteiger partial charge >= 0.3 is 6.03 Å². The van der Waals surface area contributed by atoms with Crippen LogP contribution in [0.2, 0.25) is 0 Å². The topological polar surface area (TPSA) is 67.6 Å². The number of hydrogen-bond donors (Lipinski definition) is 1. The van der Waals surface area contributed by atoms with Crippen molar-refractivity contribution < 1.29 is 13.9 Å². The predicted octanol–water partition coefficient (Wildman–Crippen LogP) is 3.07. The second-order valence-electron chi connectivity index (χ2n) is 5.88. The van der Waals surface area contributed by atoms with Crippen LogP contribution in [0.3, 0.4) is 0 Å². The Hall–Kier alpha value is -2.50. The van der Waals surface area contributed by atoms with E-state index in [0.29, 0.717) is 12.3 Å². The summed E-state index contributed by atoms with van der Waals surface area (Å²) in [6.45, 7) is 6.02. The van der Waals surface area contributed by atoms with Gasteiger partial charge in [-0.25, -0.2) is 9.78 Å². The van der Waals surface area contributed by atoms with Crippen LogP contribution in [0.1, 0.15) is 29.8 Å². The van der Waals surface area contributed by atoms with Gasteiger partial charge in [0.1, 0.15) is 11.5 Å². The van der Waals surface area contributed by atoms with Gasteiger partial charge in [-0.15, -0.1) is 0 Å². The first-order valence-corrected chi connectivity index (χ1v) is 7.97. The molecule has 0 radical (unpaired) electrons. The lowest BCUT2D eigenvalue weighted by molar-refractivity contribution is 0.192. The first-order valence-electron chi connectivity index (χ1n) is 7.97. The highest BCUT2D eigenvalue weighted by Crippen LogP contribution is 2.20. The molecule has 0 aliphatic carbocycles. The number of benzene rings is 1. The van der Waals surface area contributed by atoms with Crippen LogP contribution in [-0.4, -0.2) is 36.1 Å². The summed E-state index contributed by atoms with van der Waals surface area (Å²) < 4.78 is 10.8. The fourth-order valence-corrected chi connectivity index (χ4v) is 2.42. The van der Waals surface area contributed by atoms with Gasteiger partial charge in [0, 0.05) is 13.1 Å². The van der Waals surface area contributed by atoms with Crippen LogP contribution in [0.4, 0.5) is 4.79 Å². The van der Waals surface area contributed by atoms with Gasteiger partial charge in [0.05, 0.1) is 19.3 Å². The molecule has 0 spiro atoms. The Morgan fingerprint density at radius 1 is 1.38 bits per heavy atom. The molecule has 1 N–H and O–H groups in total. The van der Waals surface area contributed by atoms with E-state index in [1.54, 1.807) is 19.1 Å². The zero-order chi connectivity index (χ0) is 17.7. The maximum absolute atomic E-state index is 12.3. The summed E-state index contributed by atoms with van der Waals surface area (Å²) in [5.74, 6) is 2.13. The van der Waals surface area contributed by atoms with Crippen molar-refractivity contribution in [3.8, 4) is 5.75 Å². The second kappa shape index (κ2) is 7.86. The molecular formula is C18H25N3O3. The first kappa shape index (κ1) is 17.8. The minimum atomic E-state index is -0.161. The Morgan fingerprint density at radius 3 is 2.71 bits per heavy atom. The van der Waals surface area contributed by atoms with E-state index in [0.717, 1.165) is 22.8 Å². The lowest BCUT2D eigenvalue weighted by atomic mass is 10.1. The zero-order valence-corrected chi connectivity index (χ0v) is 14.9. The quantitative estimate of drug-likeness (QED) is 0.883. The molecule has 0 aliphatic heterocycles. The lowest BCUT2D eigenvalue weighted by Gasteiger charge is -2.25. The Bertz CT molecular complexity index is 677. The van der Waals surface area contributed by atoms with E-state index in [-0.39, 0.29) is 18.6 Å². The number of ether oxygens (including phenoxy) is 1. The average molecular weight is 331 g/mol. The molecule has 130 valence electrons. The number of aromatic nitrogens is 1. The molecule has 6 nitrogen and oxygen atoms in total. The van der Waals surface area contributed by atoms with E-state index >= 15 is 0 Å². The molecule has 1 atom stereocenters. The molecule has 2 aromatic rings. The number of amides is 2. The Labute approximate surface area is 142 Å². The molecule has 0 fully saturated rings. The standard InChI is InChI=1S/C18H25N3O3/c1-12(10-15-8-6-7-9-16(15)23-5)21(4)18(22)19-11-17-20-13(2)14(3)24-17/h6-9,12H,10-11H2,1-5H3,(H,19,22)/t12-/m0/s1. The van der Waals surface area contributed by atoms with Gasteiger partial charge in [-0.3, -0.25) is 0 Å². The molecule has 0 unspecified atom stereocenters. The summed E-state index contributed by atoms with van der Waals surface area (Å²) in [4.78, 5) is 18.2. The number of aryl methyl sites for hydroxylation is 2. The highest BCUT2D eigenvalue weighted by Gasteiger charge is 2.18. The number of para-hydroxylation sites is 1. The van der Waals surface area contributed by atoms with E-state index in [9.17, 15) is 4.79 Å². The largest absolute Gasteiger partial charge is 0.496 e. The fraction of sp³-hybridized carbons (Fsp3) is 0.444. The molecule has 2 amide bonds. The van der Waals surface area contributed by atoms with Crippen molar-refractivity contribution in [1.82, 2.24) is 15.2 Å². The number of hydrogen-bond acceptors (Lipinski definition) is 4. The van der Waals surface area contributed by atoms with Crippen LogP contribution < -0.4 is 10.1 Å². The van der Waals surface area contributed by atoms with Crippen molar-refractivity contribution in [3.05, 3.63) is 47.2 Å². The monoisotopic (exact) mass is 331 g/mol. The molecule has 2 rings (SSSR count). The summed E-state index contributed by atoms with van der Waals surface area (Å²) in [7, 11) is 3.43. The average Bonchev–Trinajstić information content (AvgIpc) is 2.90. The number of oxazole rings is 1. The van der Waals surface area contributed by atoms with Crippen molar-refractivity contribution in [2.75, 3.05) is 14.2 Å². The lowest BCUT2D eigenvalue weighted by Crippen LogP contribution is -2.43. The normalized spacial score (nSPS) is 11.9. The number of nitrogens with one attached hydrogen (secondary N) is 1. The number of urea groups is 1. The fourth-order valence-electron chi connectivity index (χ4n) is 2.42. The summed E-state index contributed by atoms with van der Waals surface area (Å²) in [5, 5.41) is 2.83. The Morgan fingerprint density at radius 2 is 2.08 bits per heavy atom. The van der Waals surface area contributed by atoms with Crippen LogP contribution in [0.5, 0.6) is 5.75 Å². The Kier molecular flexibility index (Phi) is 5.84.